The predicted octanol–water partition coefficient (Wildman–Crippen LogP) is 3.70. The molecule has 3 nitrogen and oxygen atoms in total. The lowest BCUT2D eigenvalue weighted by Crippen LogP contribution is -2.03. The van der Waals surface area contributed by atoms with Gasteiger partial charge >= 0.3 is 12.1 Å². The summed E-state index contributed by atoms with van der Waals surface area (Å²) in [4.78, 5) is 11.1. The van der Waals surface area contributed by atoms with Crippen molar-refractivity contribution in [2.75, 3.05) is 6.61 Å². The number of hydrogen-bond donors (Lipinski definition) is 0. The van der Waals surface area contributed by atoms with E-state index in [1.54, 1.807) is 6.07 Å². The minimum absolute atomic E-state index is 0.204. The molecule has 0 fully saturated rings. The molecular formula is C14H11F3O3. The Labute approximate surface area is 113 Å². The lowest BCUT2D eigenvalue weighted by molar-refractivity contribution is -0.137. The highest BCUT2D eigenvalue weighted by Gasteiger charge is 2.31. The van der Waals surface area contributed by atoms with Crippen LogP contribution in [0.25, 0.3) is 0 Å². The average Bonchev–Trinajstić information content (AvgIpc) is 2.90. The van der Waals surface area contributed by atoms with Crippen molar-refractivity contribution in [3.63, 3.8) is 0 Å². The van der Waals surface area contributed by atoms with Crippen LogP contribution >= 0.6 is 0 Å². The van der Waals surface area contributed by atoms with Gasteiger partial charge in [0.1, 0.15) is 6.26 Å². The van der Waals surface area contributed by atoms with Gasteiger partial charge in [0, 0.05) is 6.42 Å². The molecule has 0 aliphatic carbocycles. The van der Waals surface area contributed by atoms with Crippen LogP contribution in [-0.4, -0.2) is 12.6 Å². The van der Waals surface area contributed by atoms with Crippen molar-refractivity contribution in [1.29, 1.82) is 0 Å². The van der Waals surface area contributed by atoms with Crippen LogP contribution < -0.4 is 0 Å². The molecule has 0 saturated heterocycles. The lowest BCUT2D eigenvalue weighted by Gasteiger charge is -1.98. The van der Waals surface area contributed by atoms with E-state index in [0.29, 0.717) is 18.4 Å². The van der Waals surface area contributed by atoms with Crippen LogP contribution in [-0.2, 0) is 17.3 Å². The number of alkyl halides is 3. The Balaban J connectivity index is 0.000000151. The number of ether oxygens (including phenoxy) is 1. The van der Waals surface area contributed by atoms with E-state index in [0.717, 1.165) is 18.8 Å². The van der Waals surface area contributed by atoms with Gasteiger partial charge in [-0.3, -0.25) is 0 Å². The van der Waals surface area contributed by atoms with Crippen LogP contribution in [0.3, 0.4) is 0 Å². The molecule has 1 aliphatic rings. The molecule has 0 saturated carbocycles. The zero-order valence-corrected chi connectivity index (χ0v) is 10.3. The first kappa shape index (κ1) is 14.2. The highest BCUT2D eigenvalue weighted by molar-refractivity contribution is 5.89. The van der Waals surface area contributed by atoms with E-state index in [4.69, 9.17) is 4.74 Å². The Hall–Kier alpha value is -2.24. The van der Waals surface area contributed by atoms with Gasteiger partial charge in [-0.2, -0.15) is 13.2 Å². The van der Waals surface area contributed by atoms with Gasteiger partial charge in [-0.25, -0.2) is 4.79 Å². The van der Waals surface area contributed by atoms with Crippen molar-refractivity contribution in [3.8, 4) is 0 Å². The molecule has 106 valence electrons. The Kier molecular flexibility index (Phi) is 4.12. The minimum Gasteiger partial charge on any atom is -0.472 e. The molecule has 0 amide bonds. The standard InChI is InChI=1S/C9H8O2.C5H3F3O/c10-9-8-3-1-2-7(6-8)4-5-11-9;6-5(7,8)4-1-2-9-3-4/h1-3,6H,4-5H2;1-3H. The zero-order valence-electron chi connectivity index (χ0n) is 10.3. The summed E-state index contributed by atoms with van der Waals surface area (Å²) in [6.07, 6.45) is -1.78. The van der Waals surface area contributed by atoms with Crippen LogP contribution in [0.1, 0.15) is 21.5 Å². The van der Waals surface area contributed by atoms with Crippen molar-refractivity contribution >= 4 is 5.97 Å². The van der Waals surface area contributed by atoms with Crippen molar-refractivity contribution in [1.82, 2.24) is 0 Å². The summed E-state index contributed by atoms with van der Waals surface area (Å²) in [6.45, 7) is 0.506. The van der Waals surface area contributed by atoms with Crippen LogP contribution in [0.5, 0.6) is 0 Å². The molecule has 2 heterocycles. The van der Waals surface area contributed by atoms with Gasteiger partial charge in [0.2, 0.25) is 0 Å². The summed E-state index contributed by atoms with van der Waals surface area (Å²) < 4.78 is 43.8. The third-order valence-electron chi connectivity index (χ3n) is 2.64. The number of esters is 1. The third kappa shape index (κ3) is 3.63. The SMILES string of the molecule is FC(F)(F)c1ccoc1.O=C1OCCc2cccc1c2. The summed E-state index contributed by atoms with van der Waals surface area (Å²) in [5.41, 5.74) is 1.09. The maximum atomic E-state index is 11.6. The summed E-state index contributed by atoms with van der Waals surface area (Å²) >= 11 is 0. The molecular weight excluding hydrogens is 273 g/mol. The Morgan fingerprint density at radius 1 is 1.15 bits per heavy atom. The smallest absolute Gasteiger partial charge is 0.419 e. The van der Waals surface area contributed by atoms with E-state index in [9.17, 15) is 18.0 Å². The Morgan fingerprint density at radius 3 is 2.55 bits per heavy atom. The van der Waals surface area contributed by atoms with Crippen LogP contribution in [0, 0.1) is 0 Å². The highest BCUT2D eigenvalue weighted by Crippen LogP contribution is 2.28. The number of rotatable bonds is 0. The molecule has 20 heavy (non-hydrogen) atoms. The lowest BCUT2D eigenvalue weighted by atomic mass is 10.1. The Bertz CT molecular complexity index is 574. The quantitative estimate of drug-likeness (QED) is 0.692. The monoisotopic (exact) mass is 284 g/mol. The second-order valence-electron chi connectivity index (χ2n) is 4.10. The average molecular weight is 284 g/mol. The zero-order chi connectivity index (χ0) is 14.6. The molecule has 1 aromatic carbocycles. The van der Waals surface area contributed by atoms with E-state index in [-0.39, 0.29) is 5.97 Å². The number of carbonyl (C=O) groups excluding carboxylic acids is 1. The van der Waals surface area contributed by atoms with E-state index in [1.807, 2.05) is 18.2 Å². The Morgan fingerprint density at radius 2 is 1.95 bits per heavy atom. The van der Waals surface area contributed by atoms with Crippen molar-refractivity contribution in [3.05, 3.63) is 59.5 Å². The summed E-state index contributed by atoms with van der Waals surface area (Å²) in [6, 6.07) is 8.43. The van der Waals surface area contributed by atoms with Crippen LogP contribution in [0.4, 0.5) is 13.2 Å². The maximum Gasteiger partial charge on any atom is 0.419 e. The molecule has 0 N–H and O–H groups in total. The van der Waals surface area contributed by atoms with Gasteiger partial charge in [-0.05, 0) is 23.8 Å². The first-order valence-electron chi connectivity index (χ1n) is 5.82. The van der Waals surface area contributed by atoms with E-state index < -0.39 is 11.7 Å². The van der Waals surface area contributed by atoms with Crippen molar-refractivity contribution in [2.24, 2.45) is 0 Å². The number of hydrogen-bond acceptors (Lipinski definition) is 3. The molecule has 0 atom stereocenters. The molecule has 0 unspecified atom stereocenters. The largest absolute Gasteiger partial charge is 0.472 e. The molecule has 0 spiro atoms. The van der Waals surface area contributed by atoms with Gasteiger partial charge in [0.05, 0.1) is 24.0 Å². The highest BCUT2D eigenvalue weighted by atomic mass is 19.4. The number of halogens is 3. The van der Waals surface area contributed by atoms with E-state index in [1.165, 1.54) is 5.56 Å². The maximum absolute atomic E-state index is 11.6. The molecule has 3 rings (SSSR count). The molecule has 0 radical (unpaired) electrons. The first-order valence-corrected chi connectivity index (χ1v) is 5.82. The minimum atomic E-state index is -4.27. The molecule has 1 aromatic heterocycles. The van der Waals surface area contributed by atoms with Gasteiger partial charge in [0.25, 0.3) is 0 Å². The third-order valence-corrected chi connectivity index (χ3v) is 2.64. The van der Waals surface area contributed by atoms with Crippen LogP contribution in [0.2, 0.25) is 0 Å². The fourth-order valence-electron chi connectivity index (χ4n) is 1.62. The second-order valence-corrected chi connectivity index (χ2v) is 4.10. The molecule has 1 aliphatic heterocycles. The number of fused-ring (bicyclic) bond motifs is 2. The summed E-state index contributed by atoms with van der Waals surface area (Å²) in [7, 11) is 0. The second kappa shape index (κ2) is 5.81. The molecule has 6 heteroatoms. The fourth-order valence-corrected chi connectivity index (χ4v) is 1.62. The first-order chi connectivity index (χ1) is 9.47. The van der Waals surface area contributed by atoms with Crippen molar-refractivity contribution < 1.29 is 27.1 Å². The number of carbonyl (C=O) groups is 1. The van der Waals surface area contributed by atoms with Gasteiger partial charge < -0.3 is 9.15 Å². The topological polar surface area (TPSA) is 39.4 Å². The van der Waals surface area contributed by atoms with Crippen molar-refractivity contribution in [2.45, 2.75) is 12.6 Å². The van der Waals surface area contributed by atoms with Gasteiger partial charge in [0.15, 0.2) is 0 Å². The van der Waals surface area contributed by atoms with Gasteiger partial charge in [-0.15, -0.1) is 0 Å². The molecule has 2 bridgehead atoms. The van der Waals surface area contributed by atoms with Gasteiger partial charge in [-0.1, -0.05) is 12.1 Å². The number of benzene rings is 1. The summed E-state index contributed by atoms with van der Waals surface area (Å²) in [5, 5.41) is 0. The fraction of sp³-hybridized carbons (Fsp3) is 0.214. The summed E-state index contributed by atoms with van der Waals surface area (Å²) in [5.74, 6) is -0.204. The predicted molar refractivity (Wildman–Crippen MR) is 64.1 cm³/mol. The van der Waals surface area contributed by atoms with Crippen LogP contribution in [0.15, 0.2) is 47.3 Å². The normalized spacial score (nSPS) is 13.8. The van der Waals surface area contributed by atoms with E-state index >= 15 is 0 Å². The number of cyclic esters (lactones) is 1. The van der Waals surface area contributed by atoms with E-state index in [2.05, 4.69) is 4.42 Å². The molecule has 2 aromatic rings. The number of furan rings is 1.